The zero-order valence-corrected chi connectivity index (χ0v) is 13.4. The maximum atomic E-state index is 6.05. The van der Waals surface area contributed by atoms with Crippen LogP contribution in [0.2, 0.25) is 0 Å². The van der Waals surface area contributed by atoms with E-state index in [0.717, 1.165) is 5.56 Å². The molecule has 0 aromatic carbocycles. The molecule has 0 aliphatic carbocycles. The fourth-order valence-electron chi connectivity index (χ4n) is 2.46. The van der Waals surface area contributed by atoms with Crippen LogP contribution in [-0.4, -0.2) is 24.9 Å². The molecule has 4 heterocycles. The molecule has 0 bridgehead atoms. The molecule has 7 nitrogen and oxygen atoms in total. The standard InChI is InChI=1S/C15H14N6OS/c1-8(2)21-15-12(14(16)17-7-18-15)13(19-21)10-5-11(22-20-10)9-3-4-23-6-9/h3-8H,1-2H3,(H2,16,17,18). The van der Waals surface area contributed by atoms with E-state index in [2.05, 4.69) is 20.2 Å². The predicted molar refractivity (Wildman–Crippen MR) is 88.9 cm³/mol. The topological polar surface area (TPSA) is 95.7 Å². The summed E-state index contributed by atoms with van der Waals surface area (Å²) in [6.45, 7) is 4.07. The number of anilines is 1. The number of fused-ring (bicyclic) bond motifs is 1. The Balaban J connectivity index is 1.92. The molecule has 23 heavy (non-hydrogen) atoms. The fraction of sp³-hybridized carbons (Fsp3) is 0.200. The summed E-state index contributed by atoms with van der Waals surface area (Å²) in [7, 11) is 0. The first-order valence-corrected chi connectivity index (χ1v) is 8.07. The van der Waals surface area contributed by atoms with Crippen LogP contribution in [-0.2, 0) is 0 Å². The minimum absolute atomic E-state index is 0.142. The van der Waals surface area contributed by atoms with Gasteiger partial charge in [-0.1, -0.05) is 5.16 Å². The van der Waals surface area contributed by atoms with E-state index in [0.29, 0.717) is 34.0 Å². The Bertz CT molecular complexity index is 969. The molecule has 0 spiro atoms. The normalized spacial score (nSPS) is 11.6. The van der Waals surface area contributed by atoms with Crippen molar-refractivity contribution in [3.63, 3.8) is 0 Å². The Morgan fingerprint density at radius 3 is 2.91 bits per heavy atom. The second-order valence-corrected chi connectivity index (χ2v) is 6.21. The van der Waals surface area contributed by atoms with Gasteiger partial charge in [0.1, 0.15) is 23.5 Å². The molecule has 0 atom stereocenters. The van der Waals surface area contributed by atoms with E-state index in [4.69, 9.17) is 10.3 Å². The summed E-state index contributed by atoms with van der Waals surface area (Å²) in [5.41, 5.74) is 8.99. The number of nitrogens with zero attached hydrogens (tertiary/aromatic N) is 5. The van der Waals surface area contributed by atoms with Crippen molar-refractivity contribution in [3.8, 4) is 22.7 Å². The minimum Gasteiger partial charge on any atom is -0.383 e. The lowest BCUT2D eigenvalue weighted by Gasteiger charge is -2.05. The molecule has 116 valence electrons. The van der Waals surface area contributed by atoms with Crippen molar-refractivity contribution in [2.75, 3.05) is 5.73 Å². The quantitative estimate of drug-likeness (QED) is 0.620. The van der Waals surface area contributed by atoms with Crippen LogP contribution < -0.4 is 5.73 Å². The molecule has 4 aromatic heterocycles. The van der Waals surface area contributed by atoms with Crippen molar-refractivity contribution in [1.82, 2.24) is 24.9 Å². The maximum absolute atomic E-state index is 6.05. The highest BCUT2D eigenvalue weighted by molar-refractivity contribution is 7.08. The second-order valence-electron chi connectivity index (χ2n) is 5.43. The van der Waals surface area contributed by atoms with Crippen molar-refractivity contribution < 1.29 is 4.52 Å². The molecule has 0 aliphatic heterocycles. The summed E-state index contributed by atoms with van der Waals surface area (Å²) in [5.74, 6) is 1.08. The second kappa shape index (κ2) is 5.17. The van der Waals surface area contributed by atoms with Gasteiger partial charge in [-0.15, -0.1) is 0 Å². The highest BCUT2D eigenvalue weighted by Crippen LogP contribution is 2.33. The summed E-state index contributed by atoms with van der Waals surface area (Å²) < 4.78 is 7.27. The van der Waals surface area contributed by atoms with Crippen LogP contribution >= 0.6 is 11.3 Å². The Hall–Kier alpha value is -2.74. The number of nitrogens with two attached hydrogens (primary N) is 1. The zero-order chi connectivity index (χ0) is 16.0. The van der Waals surface area contributed by atoms with E-state index < -0.39 is 0 Å². The van der Waals surface area contributed by atoms with Crippen LogP contribution in [0, 0.1) is 0 Å². The van der Waals surface area contributed by atoms with Gasteiger partial charge in [-0.25, -0.2) is 14.6 Å². The largest absolute Gasteiger partial charge is 0.383 e. The summed E-state index contributed by atoms with van der Waals surface area (Å²) in [6, 6.07) is 3.99. The first-order valence-electron chi connectivity index (χ1n) is 7.13. The molecule has 0 unspecified atom stereocenters. The smallest absolute Gasteiger partial charge is 0.168 e. The molecule has 0 aliphatic rings. The van der Waals surface area contributed by atoms with Crippen LogP contribution in [0.3, 0.4) is 0 Å². The highest BCUT2D eigenvalue weighted by Gasteiger charge is 2.21. The Morgan fingerprint density at radius 2 is 2.17 bits per heavy atom. The van der Waals surface area contributed by atoms with Crippen molar-refractivity contribution in [2.24, 2.45) is 0 Å². The van der Waals surface area contributed by atoms with E-state index in [1.54, 1.807) is 11.3 Å². The number of hydrogen-bond acceptors (Lipinski definition) is 7. The van der Waals surface area contributed by atoms with E-state index in [-0.39, 0.29) is 6.04 Å². The van der Waals surface area contributed by atoms with Gasteiger partial charge in [-0.2, -0.15) is 16.4 Å². The minimum atomic E-state index is 0.142. The summed E-state index contributed by atoms with van der Waals surface area (Å²) >= 11 is 1.61. The summed E-state index contributed by atoms with van der Waals surface area (Å²) in [5, 5.41) is 13.5. The van der Waals surface area contributed by atoms with Crippen LogP contribution in [0.5, 0.6) is 0 Å². The van der Waals surface area contributed by atoms with Gasteiger partial charge in [0, 0.05) is 23.1 Å². The van der Waals surface area contributed by atoms with Crippen molar-refractivity contribution in [3.05, 3.63) is 29.2 Å². The predicted octanol–water partition coefficient (Wildman–Crippen LogP) is 3.37. The molecule has 4 rings (SSSR count). The van der Waals surface area contributed by atoms with Gasteiger partial charge >= 0.3 is 0 Å². The molecule has 0 saturated carbocycles. The van der Waals surface area contributed by atoms with Crippen molar-refractivity contribution in [1.29, 1.82) is 0 Å². The lowest BCUT2D eigenvalue weighted by atomic mass is 10.2. The Labute approximate surface area is 135 Å². The molecule has 0 saturated heterocycles. The van der Waals surface area contributed by atoms with Crippen molar-refractivity contribution >= 4 is 28.2 Å². The molecule has 0 radical (unpaired) electrons. The molecule has 0 amide bonds. The number of aromatic nitrogens is 5. The molecule has 8 heteroatoms. The summed E-state index contributed by atoms with van der Waals surface area (Å²) in [6.07, 6.45) is 1.45. The van der Waals surface area contributed by atoms with E-state index in [1.165, 1.54) is 6.33 Å². The lowest BCUT2D eigenvalue weighted by molar-refractivity contribution is 0.434. The third-order valence-corrected chi connectivity index (χ3v) is 4.25. The van der Waals surface area contributed by atoms with Gasteiger partial charge < -0.3 is 10.3 Å². The van der Waals surface area contributed by atoms with E-state index >= 15 is 0 Å². The highest BCUT2D eigenvalue weighted by atomic mass is 32.1. The first-order chi connectivity index (χ1) is 11.1. The molecule has 4 aromatic rings. The lowest BCUT2D eigenvalue weighted by Crippen LogP contribution is -2.04. The maximum Gasteiger partial charge on any atom is 0.168 e. The van der Waals surface area contributed by atoms with E-state index in [1.807, 2.05) is 41.4 Å². The number of rotatable bonds is 3. The Kier molecular flexibility index (Phi) is 3.12. The van der Waals surface area contributed by atoms with Gasteiger partial charge in [0.15, 0.2) is 11.4 Å². The third kappa shape index (κ3) is 2.18. The number of thiophene rings is 1. The number of hydrogen-bond donors (Lipinski definition) is 1. The van der Waals surface area contributed by atoms with Crippen molar-refractivity contribution in [2.45, 2.75) is 19.9 Å². The van der Waals surface area contributed by atoms with Gasteiger partial charge in [0.05, 0.1) is 5.39 Å². The fourth-order valence-corrected chi connectivity index (χ4v) is 3.11. The van der Waals surface area contributed by atoms with Crippen LogP contribution in [0.25, 0.3) is 33.7 Å². The first kappa shape index (κ1) is 13.9. The van der Waals surface area contributed by atoms with Crippen LogP contribution in [0.4, 0.5) is 5.82 Å². The van der Waals surface area contributed by atoms with Gasteiger partial charge in [-0.05, 0) is 25.3 Å². The van der Waals surface area contributed by atoms with Gasteiger partial charge in [-0.3, -0.25) is 0 Å². The molecule has 2 N–H and O–H groups in total. The average Bonchev–Trinajstić information content (AvgIpc) is 3.25. The van der Waals surface area contributed by atoms with Gasteiger partial charge in [0.2, 0.25) is 0 Å². The molecular weight excluding hydrogens is 312 g/mol. The average molecular weight is 326 g/mol. The molecule has 0 fully saturated rings. The Morgan fingerprint density at radius 1 is 1.30 bits per heavy atom. The summed E-state index contributed by atoms with van der Waals surface area (Å²) in [4.78, 5) is 8.40. The van der Waals surface area contributed by atoms with Crippen LogP contribution in [0.15, 0.2) is 33.7 Å². The zero-order valence-electron chi connectivity index (χ0n) is 12.6. The monoisotopic (exact) mass is 326 g/mol. The third-order valence-electron chi connectivity index (χ3n) is 3.57. The molecular formula is C15H14N6OS. The van der Waals surface area contributed by atoms with E-state index in [9.17, 15) is 0 Å². The SMILES string of the molecule is CC(C)n1nc(-c2cc(-c3ccsc3)on2)c2c(N)ncnc21. The van der Waals surface area contributed by atoms with Crippen LogP contribution in [0.1, 0.15) is 19.9 Å². The van der Waals surface area contributed by atoms with Gasteiger partial charge in [0.25, 0.3) is 0 Å². The number of nitrogen functional groups attached to an aromatic ring is 1.